The van der Waals surface area contributed by atoms with Crippen molar-refractivity contribution in [1.82, 2.24) is 15.2 Å². The molecule has 26 heavy (non-hydrogen) atoms. The van der Waals surface area contributed by atoms with Crippen LogP contribution in [0.5, 0.6) is 0 Å². The minimum atomic E-state index is 0.554. The lowest BCUT2D eigenvalue weighted by molar-refractivity contribution is 0.565. The Morgan fingerprint density at radius 1 is 1.23 bits per heavy atom. The van der Waals surface area contributed by atoms with E-state index < -0.39 is 0 Å². The number of guanidine groups is 1. The molecular formula is C19H25Cl2N5. The van der Waals surface area contributed by atoms with E-state index >= 15 is 0 Å². The molecule has 0 saturated carbocycles. The highest BCUT2D eigenvalue weighted by atomic mass is 35.5. The van der Waals surface area contributed by atoms with Gasteiger partial charge in [-0.15, -0.1) is 0 Å². The van der Waals surface area contributed by atoms with Crippen molar-refractivity contribution in [2.45, 2.75) is 13.0 Å². The molecule has 1 aromatic heterocycles. The SMILES string of the molecule is CN=C(NCc1cc(Cl)c(Cl)n1C)NCC1CCN(c2ccccc2)C1. The number of aromatic nitrogens is 1. The molecule has 2 heterocycles. The average molecular weight is 394 g/mol. The molecule has 0 radical (unpaired) electrons. The summed E-state index contributed by atoms with van der Waals surface area (Å²) in [5.74, 6) is 1.39. The van der Waals surface area contributed by atoms with Crippen molar-refractivity contribution in [2.24, 2.45) is 18.0 Å². The summed E-state index contributed by atoms with van der Waals surface area (Å²) >= 11 is 12.2. The fourth-order valence-corrected chi connectivity index (χ4v) is 3.68. The van der Waals surface area contributed by atoms with Crippen LogP contribution in [0.4, 0.5) is 5.69 Å². The Morgan fingerprint density at radius 2 is 2.00 bits per heavy atom. The maximum absolute atomic E-state index is 6.11. The monoisotopic (exact) mass is 393 g/mol. The Hall–Kier alpha value is -1.85. The second-order valence-corrected chi connectivity index (χ2v) is 7.34. The minimum absolute atomic E-state index is 0.554. The van der Waals surface area contributed by atoms with Gasteiger partial charge in [-0.05, 0) is 30.5 Å². The van der Waals surface area contributed by atoms with E-state index in [1.807, 2.05) is 17.7 Å². The Labute approximate surface area is 165 Å². The first-order valence-corrected chi connectivity index (χ1v) is 9.58. The highest BCUT2D eigenvalue weighted by molar-refractivity contribution is 6.41. The van der Waals surface area contributed by atoms with E-state index in [1.54, 1.807) is 7.05 Å². The van der Waals surface area contributed by atoms with E-state index in [-0.39, 0.29) is 0 Å². The summed E-state index contributed by atoms with van der Waals surface area (Å²) in [4.78, 5) is 6.75. The number of hydrogen-bond donors (Lipinski definition) is 2. The number of nitrogens with one attached hydrogen (secondary N) is 2. The molecule has 0 spiro atoms. The molecule has 0 bridgehead atoms. The molecular weight excluding hydrogens is 369 g/mol. The van der Waals surface area contributed by atoms with Crippen LogP contribution in [0.2, 0.25) is 10.2 Å². The quantitative estimate of drug-likeness (QED) is 0.603. The lowest BCUT2D eigenvalue weighted by Crippen LogP contribution is -2.40. The maximum atomic E-state index is 6.11. The van der Waals surface area contributed by atoms with E-state index in [4.69, 9.17) is 23.2 Å². The third-order valence-corrected chi connectivity index (χ3v) is 5.68. The van der Waals surface area contributed by atoms with Gasteiger partial charge in [0.2, 0.25) is 0 Å². The van der Waals surface area contributed by atoms with Gasteiger partial charge < -0.3 is 20.1 Å². The van der Waals surface area contributed by atoms with Crippen LogP contribution in [-0.4, -0.2) is 37.2 Å². The predicted octanol–water partition coefficient (Wildman–Crippen LogP) is 3.52. The summed E-state index contributed by atoms with van der Waals surface area (Å²) in [7, 11) is 3.68. The Bertz CT molecular complexity index is 757. The van der Waals surface area contributed by atoms with Crippen molar-refractivity contribution in [3.8, 4) is 0 Å². The first-order valence-electron chi connectivity index (χ1n) is 8.82. The van der Waals surface area contributed by atoms with Crippen LogP contribution in [-0.2, 0) is 13.6 Å². The number of nitrogens with zero attached hydrogens (tertiary/aromatic N) is 3. The standard InChI is InChI=1S/C19H25Cl2N5/c1-22-19(24-12-16-10-17(20)18(21)25(16)2)23-11-14-8-9-26(13-14)15-6-4-3-5-7-15/h3-7,10,14H,8-9,11-13H2,1-2H3,(H2,22,23,24). The van der Waals surface area contributed by atoms with Crippen molar-refractivity contribution < 1.29 is 0 Å². The van der Waals surface area contributed by atoms with Crippen molar-refractivity contribution in [1.29, 1.82) is 0 Å². The highest BCUT2D eigenvalue weighted by Gasteiger charge is 2.22. The van der Waals surface area contributed by atoms with Gasteiger partial charge in [0.15, 0.2) is 5.96 Å². The molecule has 2 aromatic rings. The summed E-state index contributed by atoms with van der Waals surface area (Å²) in [6, 6.07) is 12.5. The van der Waals surface area contributed by atoms with Gasteiger partial charge in [-0.3, -0.25) is 4.99 Å². The van der Waals surface area contributed by atoms with E-state index in [0.29, 0.717) is 22.6 Å². The Morgan fingerprint density at radius 3 is 2.65 bits per heavy atom. The summed E-state index contributed by atoms with van der Waals surface area (Å²) in [5, 5.41) is 7.88. The number of halogens is 2. The minimum Gasteiger partial charge on any atom is -0.371 e. The molecule has 140 valence electrons. The van der Waals surface area contributed by atoms with E-state index in [2.05, 4.69) is 50.9 Å². The van der Waals surface area contributed by atoms with Crippen LogP contribution in [0.1, 0.15) is 12.1 Å². The smallest absolute Gasteiger partial charge is 0.191 e. The molecule has 1 fully saturated rings. The van der Waals surface area contributed by atoms with Gasteiger partial charge >= 0.3 is 0 Å². The molecule has 1 atom stereocenters. The molecule has 3 rings (SSSR count). The molecule has 1 aliphatic heterocycles. The zero-order valence-electron chi connectivity index (χ0n) is 15.2. The molecule has 1 aliphatic rings. The van der Waals surface area contributed by atoms with Gasteiger partial charge in [-0.2, -0.15) is 0 Å². The van der Waals surface area contributed by atoms with Crippen LogP contribution >= 0.6 is 23.2 Å². The zero-order chi connectivity index (χ0) is 18.5. The summed E-state index contributed by atoms with van der Waals surface area (Å²) in [6.07, 6.45) is 1.18. The number of hydrogen-bond acceptors (Lipinski definition) is 2. The van der Waals surface area contributed by atoms with Crippen molar-refractivity contribution >= 4 is 34.8 Å². The van der Waals surface area contributed by atoms with Gasteiger partial charge in [0.1, 0.15) is 5.15 Å². The average Bonchev–Trinajstić information content (AvgIpc) is 3.23. The lowest BCUT2D eigenvalue weighted by Gasteiger charge is -2.19. The molecule has 1 aromatic carbocycles. The van der Waals surface area contributed by atoms with Crippen LogP contribution in [0.15, 0.2) is 41.4 Å². The van der Waals surface area contributed by atoms with Crippen molar-refractivity contribution in [2.75, 3.05) is 31.6 Å². The first-order chi connectivity index (χ1) is 12.6. The number of rotatable bonds is 5. The largest absolute Gasteiger partial charge is 0.371 e. The number of benzene rings is 1. The van der Waals surface area contributed by atoms with Gasteiger partial charge in [-0.25, -0.2) is 0 Å². The van der Waals surface area contributed by atoms with Crippen LogP contribution in [0.3, 0.4) is 0 Å². The van der Waals surface area contributed by atoms with Gasteiger partial charge in [0, 0.05) is 45.1 Å². The third-order valence-electron chi connectivity index (χ3n) is 4.84. The lowest BCUT2D eigenvalue weighted by atomic mass is 10.1. The fourth-order valence-electron chi connectivity index (χ4n) is 3.27. The second-order valence-electron chi connectivity index (χ2n) is 6.58. The normalized spacial score (nSPS) is 17.6. The van der Waals surface area contributed by atoms with Crippen LogP contribution in [0.25, 0.3) is 0 Å². The number of para-hydroxylation sites is 1. The maximum Gasteiger partial charge on any atom is 0.191 e. The van der Waals surface area contributed by atoms with Gasteiger partial charge in [0.05, 0.1) is 11.6 Å². The Kier molecular flexibility index (Phi) is 6.33. The summed E-state index contributed by atoms with van der Waals surface area (Å²) in [6.45, 7) is 3.68. The van der Waals surface area contributed by atoms with Crippen LogP contribution < -0.4 is 15.5 Å². The predicted molar refractivity (Wildman–Crippen MR) is 110 cm³/mol. The number of anilines is 1. The molecule has 2 N–H and O–H groups in total. The second kappa shape index (κ2) is 8.69. The van der Waals surface area contributed by atoms with E-state index in [0.717, 1.165) is 31.3 Å². The highest BCUT2D eigenvalue weighted by Crippen LogP contribution is 2.25. The van der Waals surface area contributed by atoms with Gasteiger partial charge in [-0.1, -0.05) is 41.4 Å². The summed E-state index contributed by atoms with van der Waals surface area (Å²) in [5.41, 5.74) is 2.31. The van der Waals surface area contributed by atoms with Crippen LogP contribution in [0, 0.1) is 5.92 Å². The number of aliphatic imine (C=N–C) groups is 1. The van der Waals surface area contributed by atoms with E-state index in [1.165, 1.54) is 12.1 Å². The molecule has 5 nitrogen and oxygen atoms in total. The Balaban J connectivity index is 1.47. The van der Waals surface area contributed by atoms with Gasteiger partial charge in [0.25, 0.3) is 0 Å². The third kappa shape index (κ3) is 4.46. The van der Waals surface area contributed by atoms with Crippen molar-refractivity contribution in [3.05, 3.63) is 52.3 Å². The topological polar surface area (TPSA) is 44.6 Å². The molecule has 1 unspecified atom stereocenters. The molecule has 7 heteroatoms. The first kappa shape index (κ1) is 18.9. The van der Waals surface area contributed by atoms with E-state index in [9.17, 15) is 0 Å². The molecule has 0 amide bonds. The summed E-state index contributed by atoms with van der Waals surface area (Å²) < 4.78 is 1.87. The zero-order valence-corrected chi connectivity index (χ0v) is 16.7. The van der Waals surface area contributed by atoms with Crippen molar-refractivity contribution in [3.63, 3.8) is 0 Å². The fraction of sp³-hybridized carbons (Fsp3) is 0.421. The molecule has 0 aliphatic carbocycles. The molecule has 1 saturated heterocycles.